The van der Waals surface area contributed by atoms with Gasteiger partial charge in [-0.3, -0.25) is 0 Å². The van der Waals surface area contributed by atoms with Crippen molar-refractivity contribution >= 4 is 5.69 Å². The summed E-state index contributed by atoms with van der Waals surface area (Å²) in [5.41, 5.74) is 3.44. The molecule has 100 valence electrons. The first-order chi connectivity index (χ1) is 9.24. The Kier molecular flexibility index (Phi) is 4.29. The third-order valence-corrected chi connectivity index (χ3v) is 3.06. The SMILES string of the molecule is COc1cc(C)c(NCc2ccccc2)cc1OC. The van der Waals surface area contributed by atoms with Gasteiger partial charge in [-0.15, -0.1) is 0 Å². The molecule has 0 atom stereocenters. The first-order valence-electron chi connectivity index (χ1n) is 6.25. The smallest absolute Gasteiger partial charge is 0.162 e. The molecule has 0 fully saturated rings. The van der Waals surface area contributed by atoms with Crippen molar-refractivity contribution in [3.63, 3.8) is 0 Å². The average molecular weight is 257 g/mol. The zero-order valence-electron chi connectivity index (χ0n) is 11.6. The Morgan fingerprint density at radius 1 is 0.947 bits per heavy atom. The molecular formula is C16H19NO2. The molecule has 0 aliphatic rings. The van der Waals surface area contributed by atoms with Crippen LogP contribution in [0.4, 0.5) is 5.69 Å². The number of aryl methyl sites for hydroxylation is 1. The summed E-state index contributed by atoms with van der Waals surface area (Å²) in [5, 5.41) is 3.42. The third kappa shape index (κ3) is 3.19. The lowest BCUT2D eigenvalue weighted by molar-refractivity contribution is 0.355. The topological polar surface area (TPSA) is 30.5 Å². The molecule has 0 aliphatic carbocycles. The summed E-state index contributed by atoms with van der Waals surface area (Å²) >= 11 is 0. The number of benzene rings is 2. The maximum absolute atomic E-state index is 5.32. The highest BCUT2D eigenvalue weighted by Gasteiger charge is 2.08. The average Bonchev–Trinajstić information content (AvgIpc) is 2.46. The van der Waals surface area contributed by atoms with Gasteiger partial charge in [-0.1, -0.05) is 30.3 Å². The summed E-state index contributed by atoms with van der Waals surface area (Å²) in [6.07, 6.45) is 0. The molecule has 2 aromatic rings. The minimum absolute atomic E-state index is 0.740. The zero-order chi connectivity index (χ0) is 13.7. The normalized spacial score (nSPS) is 10.1. The zero-order valence-corrected chi connectivity index (χ0v) is 11.6. The van der Waals surface area contributed by atoms with Gasteiger partial charge < -0.3 is 14.8 Å². The highest BCUT2D eigenvalue weighted by atomic mass is 16.5. The van der Waals surface area contributed by atoms with E-state index in [1.807, 2.05) is 30.3 Å². The number of methoxy groups -OCH3 is 2. The minimum atomic E-state index is 0.740. The largest absolute Gasteiger partial charge is 0.493 e. The molecule has 0 aromatic heterocycles. The molecule has 0 aliphatic heterocycles. The lowest BCUT2D eigenvalue weighted by Crippen LogP contribution is -2.02. The molecule has 0 bridgehead atoms. The van der Waals surface area contributed by atoms with Crippen LogP contribution in [0, 0.1) is 6.92 Å². The Labute approximate surface area is 114 Å². The van der Waals surface area contributed by atoms with E-state index < -0.39 is 0 Å². The van der Waals surface area contributed by atoms with Crippen LogP contribution < -0.4 is 14.8 Å². The molecule has 0 saturated heterocycles. The summed E-state index contributed by atoms with van der Waals surface area (Å²) in [4.78, 5) is 0. The molecule has 19 heavy (non-hydrogen) atoms. The van der Waals surface area contributed by atoms with Gasteiger partial charge in [0.05, 0.1) is 14.2 Å². The molecule has 2 rings (SSSR count). The van der Waals surface area contributed by atoms with E-state index in [0.29, 0.717) is 0 Å². The Morgan fingerprint density at radius 2 is 1.58 bits per heavy atom. The van der Waals surface area contributed by atoms with Crippen LogP contribution in [-0.2, 0) is 6.54 Å². The second-order valence-corrected chi connectivity index (χ2v) is 4.36. The van der Waals surface area contributed by atoms with E-state index in [9.17, 15) is 0 Å². The van der Waals surface area contributed by atoms with E-state index in [-0.39, 0.29) is 0 Å². The number of rotatable bonds is 5. The van der Waals surface area contributed by atoms with Crippen LogP contribution in [0.3, 0.4) is 0 Å². The van der Waals surface area contributed by atoms with Crippen LogP contribution in [0.25, 0.3) is 0 Å². The van der Waals surface area contributed by atoms with Gasteiger partial charge in [-0.05, 0) is 24.1 Å². The van der Waals surface area contributed by atoms with E-state index in [4.69, 9.17) is 9.47 Å². The van der Waals surface area contributed by atoms with E-state index in [1.165, 1.54) is 5.56 Å². The number of hydrogen-bond donors (Lipinski definition) is 1. The molecule has 3 heteroatoms. The molecule has 0 unspecified atom stereocenters. The molecule has 3 nitrogen and oxygen atoms in total. The maximum Gasteiger partial charge on any atom is 0.162 e. The monoisotopic (exact) mass is 257 g/mol. The number of anilines is 1. The summed E-state index contributed by atoms with van der Waals surface area (Å²) in [5.74, 6) is 1.49. The fourth-order valence-corrected chi connectivity index (χ4v) is 1.96. The van der Waals surface area contributed by atoms with Crippen LogP contribution in [0.1, 0.15) is 11.1 Å². The summed E-state index contributed by atoms with van der Waals surface area (Å²) in [7, 11) is 3.29. The summed E-state index contributed by atoms with van der Waals surface area (Å²) in [6.45, 7) is 2.84. The predicted molar refractivity (Wildman–Crippen MR) is 78.1 cm³/mol. The highest BCUT2D eigenvalue weighted by molar-refractivity contribution is 5.60. The van der Waals surface area contributed by atoms with Crippen LogP contribution in [0.15, 0.2) is 42.5 Å². The third-order valence-electron chi connectivity index (χ3n) is 3.06. The predicted octanol–water partition coefficient (Wildman–Crippen LogP) is 3.62. The van der Waals surface area contributed by atoms with Crippen molar-refractivity contribution in [1.29, 1.82) is 0 Å². The summed E-state index contributed by atoms with van der Waals surface area (Å²) in [6, 6.07) is 14.2. The van der Waals surface area contributed by atoms with Crippen molar-refractivity contribution in [2.75, 3.05) is 19.5 Å². The van der Waals surface area contributed by atoms with Crippen molar-refractivity contribution in [3.05, 3.63) is 53.6 Å². The van der Waals surface area contributed by atoms with E-state index in [0.717, 1.165) is 29.3 Å². The van der Waals surface area contributed by atoms with E-state index in [2.05, 4.69) is 24.4 Å². The summed E-state index contributed by atoms with van der Waals surface area (Å²) < 4.78 is 10.6. The van der Waals surface area contributed by atoms with Gasteiger partial charge in [0.1, 0.15) is 0 Å². The fraction of sp³-hybridized carbons (Fsp3) is 0.250. The van der Waals surface area contributed by atoms with Crippen LogP contribution in [-0.4, -0.2) is 14.2 Å². The molecular weight excluding hydrogens is 238 g/mol. The maximum atomic E-state index is 5.32. The number of ether oxygens (including phenoxy) is 2. The van der Waals surface area contributed by atoms with Gasteiger partial charge in [0.25, 0.3) is 0 Å². The Balaban J connectivity index is 2.16. The molecule has 1 N–H and O–H groups in total. The van der Waals surface area contributed by atoms with Crippen molar-refractivity contribution in [2.45, 2.75) is 13.5 Å². The van der Waals surface area contributed by atoms with Gasteiger partial charge in [-0.25, -0.2) is 0 Å². The fourth-order valence-electron chi connectivity index (χ4n) is 1.96. The molecule has 0 amide bonds. The Hall–Kier alpha value is -2.16. The molecule has 0 radical (unpaired) electrons. The van der Waals surface area contributed by atoms with Crippen molar-refractivity contribution in [2.24, 2.45) is 0 Å². The molecule has 0 heterocycles. The van der Waals surface area contributed by atoms with Gasteiger partial charge in [0.2, 0.25) is 0 Å². The minimum Gasteiger partial charge on any atom is -0.493 e. The van der Waals surface area contributed by atoms with Crippen LogP contribution in [0.2, 0.25) is 0 Å². The molecule has 2 aromatic carbocycles. The number of nitrogens with one attached hydrogen (secondary N) is 1. The van der Waals surface area contributed by atoms with Crippen molar-refractivity contribution in [1.82, 2.24) is 0 Å². The van der Waals surface area contributed by atoms with Gasteiger partial charge in [-0.2, -0.15) is 0 Å². The van der Waals surface area contributed by atoms with Gasteiger partial charge in [0.15, 0.2) is 11.5 Å². The van der Waals surface area contributed by atoms with E-state index in [1.54, 1.807) is 14.2 Å². The van der Waals surface area contributed by atoms with Gasteiger partial charge in [0, 0.05) is 18.3 Å². The standard InChI is InChI=1S/C16H19NO2/c1-12-9-15(18-2)16(19-3)10-14(12)17-11-13-7-5-4-6-8-13/h4-10,17H,11H2,1-3H3. The van der Waals surface area contributed by atoms with Crippen molar-refractivity contribution in [3.8, 4) is 11.5 Å². The van der Waals surface area contributed by atoms with Crippen LogP contribution in [0.5, 0.6) is 11.5 Å². The van der Waals surface area contributed by atoms with Gasteiger partial charge >= 0.3 is 0 Å². The molecule has 0 spiro atoms. The number of hydrogen-bond acceptors (Lipinski definition) is 3. The first kappa shape index (κ1) is 13.3. The Bertz CT molecular complexity index is 538. The van der Waals surface area contributed by atoms with Crippen molar-refractivity contribution < 1.29 is 9.47 Å². The highest BCUT2D eigenvalue weighted by Crippen LogP contribution is 2.33. The lowest BCUT2D eigenvalue weighted by Gasteiger charge is -2.14. The quantitative estimate of drug-likeness (QED) is 0.887. The van der Waals surface area contributed by atoms with Crippen LogP contribution >= 0.6 is 0 Å². The van der Waals surface area contributed by atoms with E-state index >= 15 is 0 Å². The lowest BCUT2D eigenvalue weighted by atomic mass is 10.1. The first-order valence-corrected chi connectivity index (χ1v) is 6.25. The molecule has 0 saturated carbocycles. The second-order valence-electron chi connectivity index (χ2n) is 4.36. The Morgan fingerprint density at radius 3 is 2.21 bits per heavy atom. The second kappa shape index (κ2) is 6.14.